The van der Waals surface area contributed by atoms with Gasteiger partial charge in [0, 0.05) is 26.2 Å². The van der Waals surface area contributed by atoms with Crippen LogP contribution in [-0.4, -0.2) is 30.8 Å². The van der Waals surface area contributed by atoms with E-state index in [0.717, 1.165) is 5.56 Å². The van der Waals surface area contributed by atoms with E-state index in [1.165, 1.54) is 0 Å². The van der Waals surface area contributed by atoms with Gasteiger partial charge in [-0.3, -0.25) is 9.59 Å². The molecule has 1 aromatic carbocycles. The van der Waals surface area contributed by atoms with Crippen LogP contribution in [0.1, 0.15) is 18.4 Å². The Morgan fingerprint density at radius 1 is 1.37 bits per heavy atom. The van der Waals surface area contributed by atoms with Crippen molar-refractivity contribution >= 4 is 17.5 Å². The van der Waals surface area contributed by atoms with Crippen LogP contribution in [0.5, 0.6) is 0 Å². The van der Waals surface area contributed by atoms with E-state index in [4.69, 9.17) is 5.26 Å². The molecule has 0 radical (unpaired) electrons. The molecule has 100 valence electrons. The van der Waals surface area contributed by atoms with Crippen LogP contribution in [0.15, 0.2) is 24.3 Å². The molecule has 0 saturated carbocycles. The largest absolute Gasteiger partial charge is 0.349 e. The molecule has 0 aliphatic rings. The highest BCUT2D eigenvalue weighted by molar-refractivity contribution is 5.92. The molecule has 5 nitrogen and oxygen atoms in total. The monoisotopic (exact) mass is 259 g/mol. The van der Waals surface area contributed by atoms with Crippen molar-refractivity contribution in [2.45, 2.75) is 19.3 Å². The molecule has 0 atom stereocenters. The Labute approximate surface area is 112 Å². The molecule has 2 amide bonds. The number of aryl methyl sites for hydroxylation is 1. The number of hydrogen-bond donors (Lipinski definition) is 1. The second-order valence-corrected chi connectivity index (χ2v) is 4.37. The van der Waals surface area contributed by atoms with Gasteiger partial charge in [-0.2, -0.15) is 5.26 Å². The molecule has 1 rings (SSSR count). The van der Waals surface area contributed by atoms with Gasteiger partial charge < -0.3 is 10.2 Å². The van der Waals surface area contributed by atoms with E-state index in [0.29, 0.717) is 18.5 Å². The number of nitrogens with one attached hydrogen (secondary N) is 1. The first-order valence-corrected chi connectivity index (χ1v) is 5.99. The molecule has 19 heavy (non-hydrogen) atoms. The molecule has 0 bridgehead atoms. The van der Waals surface area contributed by atoms with Gasteiger partial charge in [-0.05, 0) is 24.1 Å². The molecule has 0 aromatic heterocycles. The predicted octanol–water partition coefficient (Wildman–Crippen LogP) is 1.56. The van der Waals surface area contributed by atoms with Gasteiger partial charge in [0.1, 0.15) is 6.42 Å². The van der Waals surface area contributed by atoms with Gasteiger partial charge in [-0.15, -0.1) is 0 Å². The van der Waals surface area contributed by atoms with Crippen molar-refractivity contribution in [1.82, 2.24) is 4.90 Å². The van der Waals surface area contributed by atoms with E-state index in [-0.39, 0.29) is 18.2 Å². The Balaban J connectivity index is 2.60. The number of amides is 2. The third-order valence-corrected chi connectivity index (χ3v) is 2.58. The minimum Gasteiger partial charge on any atom is -0.349 e. The zero-order valence-corrected chi connectivity index (χ0v) is 11.1. The second-order valence-electron chi connectivity index (χ2n) is 4.37. The molecular formula is C14H17N3O2. The Hall–Kier alpha value is -2.35. The third-order valence-electron chi connectivity index (χ3n) is 2.58. The molecule has 0 heterocycles. The lowest BCUT2D eigenvalue weighted by molar-refractivity contribution is -0.128. The number of rotatable bonds is 5. The highest BCUT2D eigenvalue weighted by Gasteiger charge is 2.06. The highest BCUT2D eigenvalue weighted by Crippen LogP contribution is 2.13. The maximum Gasteiger partial charge on any atom is 0.238 e. The average Bonchev–Trinajstić information content (AvgIpc) is 2.36. The molecule has 0 spiro atoms. The van der Waals surface area contributed by atoms with Crippen LogP contribution in [0.2, 0.25) is 0 Å². The number of anilines is 1. The van der Waals surface area contributed by atoms with Crippen molar-refractivity contribution in [2.75, 3.05) is 19.4 Å². The first-order valence-electron chi connectivity index (χ1n) is 5.99. The van der Waals surface area contributed by atoms with Crippen LogP contribution < -0.4 is 5.32 Å². The van der Waals surface area contributed by atoms with Crippen LogP contribution >= 0.6 is 0 Å². The van der Waals surface area contributed by atoms with E-state index < -0.39 is 0 Å². The van der Waals surface area contributed by atoms with Crippen LogP contribution in [-0.2, 0) is 16.0 Å². The minimum atomic E-state index is -0.330. The van der Waals surface area contributed by atoms with Gasteiger partial charge in [0.15, 0.2) is 0 Å². The Bertz CT molecular complexity index is 504. The summed E-state index contributed by atoms with van der Waals surface area (Å²) in [4.78, 5) is 24.3. The summed E-state index contributed by atoms with van der Waals surface area (Å²) in [5, 5.41) is 11.1. The fraction of sp³-hybridized carbons (Fsp3) is 0.357. The summed E-state index contributed by atoms with van der Waals surface area (Å²) in [6.45, 7) is 0. The van der Waals surface area contributed by atoms with E-state index in [9.17, 15) is 9.59 Å². The molecule has 1 aromatic rings. The first kappa shape index (κ1) is 14.7. The van der Waals surface area contributed by atoms with Crippen molar-refractivity contribution < 1.29 is 9.59 Å². The summed E-state index contributed by atoms with van der Waals surface area (Å²) < 4.78 is 0. The lowest BCUT2D eigenvalue weighted by Gasteiger charge is -2.10. The van der Waals surface area contributed by atoms with Crippen LogP contribution in [0.4, 0.5) is 5.69 Å². The smallest absolute Gasteiger partial charge is 0.238 e. The van der Waals surface area contributed by atoms with Gasteiger partial charge >= 0.3 is 0 Å². The summed E-state index contributed by atoms with van der Waals surface area (Å²) >= 11 is 0. The lowest BCUT2D eigenvalue weighted by atomic mass is 10.1. The third kappa shape index (κ3) is 5.21. The quantitative estimate of drug-likeness (QED) is 0.872. The van der Waals surface area contributed by atoms with E-state index in [1.54, 1.807) is 31.1 Å². The molecule has 0 fully saturated rings. The van der Waals surface area contributed by atoms with Crippen LogP contribution in [0, 0.1) is 11.3 Å². The van der Waals surface area contributed by atoms with Crippen molar-refractivity contribution in [3.05, 3.63) is 29.8 Å². The number of benzene rings is 1. The van der Waals surface area contributed by atoms with Crippen molar-refractivity contribution in [1.29, 1.82) is 5.26 Å². The SMILES string of the molecule is CN(C)C(=O)CCc1cccc(NC(=O)CC#N)c1. The van der Waals surface area contributed by atoms with Crippen LogP contribution in [0.3, 0.4) is 0 Å². The molecule has 0 aliphatic heterocycles. The molecular weight excluding hydrogens is 242 g/mol. The van der Waals surface area contributed by atoms with Gasteiger partial charge in [-0.1, -0.05) is 12.1 Å². The number of hydrogen-bond acceptors (Lipinski definition) is 3. The zero-order valence-electron chi connectivity index (χ0n) is 11.1. The molecule has 1 N–H and O–H groups in total. The van der Waals surface area contributed by atoms with Crippen molar-refractivity contribution in [3.63, 3.8) is 0 Å². The van der Waals surface area contributed by atoms with Crippen molar-refractivity contribution in [3.8, 4) is 6.07 Å². The van der Waals surface area contributed by atoms with Gasteiger partial charge in [-0.25, -0.2) is 0 Å². The number of nitriles is 1. The Morgan fingerprint density at radius 3 is 2.74 bits per heavy atom. The molecule has 0 unspecified atom stereocenters. The standard InChI is InChI=1S/C14H17N3O2/c1-17(2)14(19)7-6-11-4-3-5-12(10-11)16-13(18)8-9-15/h3-5,10H,6-8H2,1-2H3,(H,16,18). The first-order chi connectivity index (χ1) is 9.02. The Kier molecular flexibility index (Phi) is 5.55. The fourth-order valence-corrected chi connectivity index (χ4v) is 1.56. The van der Waals surface area contributed by atoms with Gasteiger partial charge in [0.25, 0.3) is 0 Å². The number of carbonyl (C=O) groups is 2. The maximum absolute atomic E-state index is 11.5. The zero-order chi connectivity index (χ0) is 14.3. The second kappa shape index (κ2) is 7.17. The number of nitrogens with zero attached hydrogens (tertiary/aromatic N) is 2. The van der Waals surface area contributed by atoms with Crippen LogP contribution in [0.25, 0.3) is 0 Å². The molecule has 0 saturated heterocycles. The van der Waals surface area contributed by atoms with E-state index >= 15 is 0 Å². The summed E-state index contributed by atoms with van der Waals surface area (Å²) in [5.74, 6) is -0.261. The molecule has 5 heteroatoms. The fourth-order valence-electron chi connectivity index (χ4n) is 1.56. The highest BCUT2D eigenvalue weighted by atomic mass is 16.2. The normalized spacial score (nSPS) is 9.53. The molecule has 0 aliphatic carbocycles. The minimum absolute atomic E-state index is 0.0684. The average molecular weight is 259 g/mol. The Morgan fingerprint density at radius 2 is 2.11 bits per heavy atom. The van der Waals surface area contributed by atoms with Gasteiger partial charge in [0.2, 0.25) is 11.8 Å². The topological polar surface area (TPSA) is 73.2 Å². The number of carbonyl (C=O) groups excluding carboxylic acids is 2. The van der Waals surface area contributed by atoms with E-state index in [2.05, 4.69) is 5.32 Å². The summed E-state index contributed by atoms with van der Waals surface area (Å²) in [6, 6.07) is 9.09. The predicted molar refractivity (Wildman–Crippen MR) is 72.3 cm³/mol. The van der Waals surface area contributed by atoms with Gasteiger partial charge in [0.05, 0.1) is 6.07 Å². The van der Waals surface area contributed by atoms with Crippen molar-refractivity contribution in [2.24, 2.45) is 0 Å². The summed E-state index contributed by atoms with van der Waals surface area (Å²) in [7, 11) is 3.45. The lowest BCUT2D eigenvalue weighted by Crippen LogP contribution is -2.21. The maximum atomic E-state index is 11.5. The summed E-state index contributed by atoms with van der Waals surface area (Å²) in [5.41, 5.74) is 1.63. The summed E-state index contributed by atoms with van der Waals surface area (Å²) in [6.07, 6.45) is 0.894. The van der Waals surface area contributed by atoms with E-state index in [1.807, 2.05) is 18.2 Å².